The molecule has 0 atom stereocenters. The molecular weight excluding hydrogens is 392 g/mol. The van der Waals surface area contributed by atoms with E-state index in [4.69, 9.17) is 15.2 Å². The highest BCUT2D eigenvalue weighted by Crippen LogP contribution is 2.22. The predicted octanol–water partition coefficient (Wildman–Crippen LogP) is 4.43. The van der Waals surface area contributed by atoms with E-state index in [0.29, 0.717) is 35.8 Å². The lowest BCUT2D eigenvalue weighted by Crippen LogP contribution is -2.22. The van der Waals surface area contributed by atoms with Crippen LogP contribution in [0.3, 0.4) is 0 Å². The Morgan fingerprint density at radius 1 is 0.806 bits per heavy atom. The molecule has 0 unspecified atom stereocenters. The smallest absolute Gasteiger partial charge is 0.251 e. The molecule has 0 heterocycles. The van der Waals surface area contributed by atoms with E-state index in [9.17, 15) is 9.59 Å². The normalized spacial score (nSPS) is 10.7. The first kappa shape index (κ1) is 22.1. The molecule has 0 fully saturated rings. The third-order valence-electron chi connectivity index (χ3n) is 4.55. The summed E-state index contributed by atoms with van der Waals surface area (Å²) in [6.45, 7) is 5.03. The van der Waals surface area contributed by atoms with Crippen LogP contribution < -0.4 is 15.8 Å². The highest BCUT2D eigenvalue weighted by Gasteiger charge is 2.07. The molecule has 0 saturated carbocycles. The molecule has 0 aliphatic rings. The molecule has 0 bridgehead atoms. The fourth-order valence-electron chi connectivity index (χ4n) is 2.80. The Labute approximate surface area is 182 Å². The Kier molecular flexibility index (Phi) is 7.40. The van der Waals surface area contributed by atoms with Crippen LogP contribution in [0.2, 0.25) is 0 Å². The fraction of sp³-hybridized carbons (Fsp3) is 0.200. The number of hydrogen-bond acceptors (Lipinski definition) is 4. The first-order valence-electron chi connectivity index (χ1n) is 10.1. The number of carbonyl (C=O) groups excluding carboxylic acids is 2. The Bertz CT molecular complexity index is 1010. The van der Waals surface area contributed by atoms with Gasteiger partial charge in [0.05, 0.1) is 12.7 Å². The standard InChI is InChI=1S/C25H26N2O4/c1-17(2)30-16-19-5-3-18(4-6-19)15-27-25(29)21-9-13-23(14-10-21)31-22-11-7-20(8-12-22)24(26)28/h3-14,17H,15-16H2,1-2H3,(H2,26,28)(H,27,29). The van der Waals surface area contributed by atoms with Crippen molar-refractivity contribution in [3.63, 3.8) is 0 Å². The van der Waals surface area contributed by atoms with E-state index in [1.54, 1.807) is 48.5 Å². The summed E-state index contributed by atoms with van der Waals surface area (Å²) in [6, 6.07) is 21.4. The van der Waals surface area contributed by atoms with Crippen molar-refractivity contribution in [2.45, 2.75) is 33.1 Å². The summed E-state index contributed by atoms with van der Waals surface area (Å²) in [5.74, 6) is 0.509. The van der Waals surface area contributed by atoms with Crippen molar-refractivity contribution in [2.75, 3.05) is 0 Å². The van der Waals surface area contributed by atoms with E-state index in [1.807, 2.05) is 38.1 Å². The predicted molar refractivity (Wildman–Crippen MR) is 119 cm³/mol. The number of carbonyl (C=O) groups is 2. The quantitative estimate of drug-likeness (QED) is 0.538. The van der Waals surface area contributed by atoms with Crippen LogP contribution in [0.5, 0.6) is 11.5 Å². The molecular formula is C25H26N2O4. The lowest BCUT2D eigenvalue weighted by atomic mass is 10.1. The van der Waals surface area contributed by atoms with E-state index in [-0.39, 0.29) is 12.0 Å². The molecule has 160 valence electrons. The van der Waals surface area contributed by atoms with Crippen LogP contribution in [-0.4, -0.2) is 17.9 Å². The molecule has 6 heteroatoms. The zero-order valence-corrected chi connectivity index (χ0v) is 17.6. The van der Waals surface area contributed by atoms with Gasteiger partial charge in [0.25, 0.3) is 5.91 Å². The van der Waals surface area contributed by atoms with Crippen molar-refractivity contribution in [1.29, 1.82) is 0 Å². The lowest BCUT2D eigenvalue weighted by Gasteiger charge is -2.10. The van der Waals surface area contributed by atoms with Crippen LogP contribution in [0.15, 0.2) is 72.8 Å². The maximum atomic E-state index is 12.4. The Morgan fingerprint density at radius 2 is 1.32 bits per heavy atom. The van der Waals surface area contributed by atoms with Crippen LogP contribution in [0.1, 0.15) is 45.7 Å². The van der Waals surface area contributed by atoms with Crippen LogP contribution in [0, 0.1) is 0 Å². The molecule has 3 rings (SSSR count). The average Bonchev–Trinajstić information content (AvgIpc) is 2.77. The number of hydrogen-bond donors (Lipinski definition) is 2. The zero-order valence-electron chi connectivity index (χ0n) is 17.6. The monoisotopic (exact) mass is 418 g/mol. The number of nitrogens with two attached hydrogens (primary N) is 1. The van der Waals surface area contributed by atoms with Gasteiger partial charge in [0.1, 0.15) is 11.5 Å². The minimum Gasteiger partial charge on any atom is -0.457 e. The molecule has 0 aliphatic carbocycles. The van der Waals surface area contributed by atoms with E-state index in [2.05, 4.69) is 5.32 Å². The molecule has 0 aliphatic heterocycles. The van der Waals surface area contributed by atoms with Gasteiger partial charge in [0.2, 0.25) is 5.91 Å². The summed E-state index contributed by atoms with van der Waals surface area (Å²) in [5.41, 5.74) is 8.30. The van der Waals surface area contributed by atoms with Gasteiger partial charge in [0, 0.05) is 17.7 Å². The zero-order chi connectivity index (χ0) is 22.2. The maximum Gasteiger partial charge on any atom is 0.251 e. The summed E-state index contributed by atoms with van der Waals surface area (Å²) >= 11 is 0. The Morgan fingerprint density at radius 3 is 1.84 bits per heavy atom. The second-order valence-corrected chi connectivity index (χ2v) is 7.37. The van der Waals surface area contributed by atoms with E-state index >= 15 is 0 Å². The molecule has 0 radical (unpaired) electrons. The van der Waals surface area contributed by atoms with Crippen molar-refractivity contribution in [3.8, 4) is 11.5 Å². The molecule has 6 nitrogen and oxygen atoms in total. The summed E-state index contributed by atoms with van der Waals surface area (Å²) in [5, 5.41) is 2.92. The van der Waals surface area contributed by atoms with Crippen LogP contribution in [0.25, 0.3) is 0 Å². The van der Waals surface area contributed by atoms with E-state index in [1.165, 1.54) is 0 Å². The first-order valence-corrected chi connectivity index (χ1v) is 10.1. The average molecular weight is 418 g/mol. The lowest BCUT2D eigenvalue weighted by molar-refractivity contribution is 0.0657. The second kappa shape index (κ2) is 10.4. The molecule has 3 aromatic rings. The molecule has 0 spiro atoms. The van der Waals surface area contributed by atoms with Gasteiger partial charge < -0.3 is 20.5 Å². The Balaban J connectivity index is 1.51. The molecule has 3 N–H and O–H groups in total. The molecule has 3 aromatic carbocycles. The van der Waals surface area contributed by atoms with Gasteiger partial charge in [-0.25, -0.2) is 0 Å². The van der Waals surface area contributed by atoms with E-state index in [0.717, 1.165) is 11.1 Å². The van der Waals surface area contributed by atoms with Crippen LogP contribution in [-0.2, 0) is 17.9 Å². The fourth-order valence-corrected chi connectivity index (χ4v) is 2.80. The van der Waals surface area contributed by atoms with Crippen molar-refractivity contribution >= 4 is 11.8 Å². The number of benzene rings is 3. The number of rotatable bonds is 9. The highest BCUT2D eigenvalue weighted by atomic mass is 16.5. The van der Waals surface area contributed by atoms with Gasteiger partial charge in [-0.1, -0.05) is 24.3 Å². The molecule has 0 aromatic heterocycles. The summed E-state index contributed by atoms with van der Waals surface area (Å²) in [4.78, 5) is 23.5. The number of primary amides is 1. The highest BCUT2D eigenvalue weighted by molar-refractivity contribution is 5.94. The summed E-state index contributed by atoms with van der Waals surface area (Å²) in [7, 11) is 0. The molecule has 31 heavy (non-hydrogen) atoms. The van der Waals surface area contributed by atoms with Crippen LogP contribution >= 0.6 is 0 Å². The first-order chi connectivity index (χ1) is 14.9. The van der Waals surface area contributed by atoms with Crippen molar-refractivity contribution in [1.82, 2.24) is 5.32 Å². The van der Waals surface area contributed by atoms with E-state index < -0.39 is 5.91 Å². The van der Waals surface area contributed by atoms with Gasteiger partial charge in [-0.3, -0.25) is 9.59 Å². The third kappa shape index (κ3) is 6.69. The topological polar surface area (TPSA) is 90.7 Å². The van der Waals surface area contributed by atoms with Gasteiger partial charge >= 0.3 is 0 Å². The maximum absolute atomic E-state index is 12.4. The molecule has 2 amide bonds. The number of ether oxygens (including phenoxy) is 2. The van der Waals surface area contributed by atoms with Crippen molar-refractivity contribution in [3.05, 3.63) is 95.1 Å². The molecule has 0 saturated heterocycles. The van der Waals surface area contributed by atoms with Crippen molar-refractivity contribution < 1.29 is 19.1 Å². The summed E-state index contributed by atoms with van der Waals surface area (Å²) < 4.78 is 11.3. The number of nitrogens with one attached hydrogen (secondary N) is 1. The van der Waals surface area contributed by atoms with Gasteiger partial charge in [0.15, 0.2) is 0 Å². The largest absolute Gasteiger partial charge is 0.457 e. The third-order valence-corrected chi connectivity index (χ3v) is 4.55. The van der Waals surface area contributed by atoms with Crippen LogP contribution in [0.4, 0.5) is 0 Å². The van der Waals surface area contributed by atoms with Gasteiger partial charge in [-0.2, -0.15) is 0 Å². The second-order valence-electron chi connectivity index (χ2n) is 7.37. The minimum atomic E-state index is -0.488. The van der Waals surface area contributed by atoms with Gasteiger partial charge in [-0.15, -0.1) is 0 Å². The SMILES string of the molecule is CC(C)OCc1ccc(CNC(=O)c2ccc(Oc3ccc(C(N)=O)cc3)cc2)cc1. The van der Waals surface area contributed by atoms with Gasteiger partial charge in [-0.05, 0) is 73.5 Å². The summed E-state index contributed by atoms with van der Waals surface area (Å²) in [6.07, 6.45) is 0.193. The minimum absolute atomic E-state index is 0.162. The van der Waals surface area contributed by atoms with Crippen molar-refractivity contribution in [2.24, 2.45) is 5.73 Å². The number of amides is 2. The Hall–Kier alpha value is -3.64.